The Balaban J connectivity index is 2.47. The molecule has 0 amide bonds. The number of fused-ring (bicyclic) bond motifs is 1. The van der Waals surface area contributed by atoms with Gasteiger partial charge in [0.25, 0.3) is 0 Å². The van der Waals surface area contributed by atoms with Gasteiger partial charge in [0.05, 0.1) is 6.61 Å². The van der Waals surface area contributed by atoms with Crippen LogP contribution in [0.25, 0.3) is 0 Å². The lowest BCUT2D eigenvalue weighted by Crippen LogP contribution is -2.19. The molecular weight excluding hydrogens is 206 g/mol. The monoisotopic (exact) mass is 223 g/mol. The van der Waals surface area contributed by atoms with Crippen LogP contribution in [0.1, 0.15) is 24.1 Å². The highest BCUT2D eigenvalue weighted by molar-refractivity contribution is 5.52. The van der Waals surface area contributed by atoms with E-state index < -0.39 is 0 Å². The smallest absolute Gasteiger partial charge is 0.167 e. The summed E-state index contributed by atoms with van der Waals surface area (Å²) in [4.78, 5) is 0. The van der Waals surface area contributed by atoms with E-state index in [1.165, 1.54) is 0 Å². The molecule has 4 heteroatoms. The fourth-order valence-electron chi connectivity index (χ4n) is 1.91. The zero-order valence-electron chi connectivity index (χ0n) is 9.66. The lowest BCUT2D eigenvalue weighted by molar-refractivity contribution is 0.152. The van der Waals surface area contributed by atoms with E-state index in [-0.39, 0.29) is 6.04 Å². The average molecular weight is 223 g/mol. The summed E-state index contributed by atoms with van der Waals surface area (Å²) in [5, 5.41) is 0. The molecule has 0 radical (unpaired) electrons. The van der Waals surface area contributed by atoms with Gasteiger partial charge in [-0.2, -0.15) is 0 Å². The van der Waals surface area contributed by atoms with Crippen molar-refractivity contribution in [3.63, 3.8) is 0 Å². The predicted molar refractivity (Wildman–Crippen MR) is 60.7 cm³/mol. The first kappa shape index (κ1) is 11.2. The van der Waals surface area contributed by atoms with Crippen LogP contribution in [-0.2, 0) is 11.3 Å². The Bertz CT molecular complexity index is 377. The van der Waals surface area contributed by atoms with E-state index in [1.807, 2.05) is 19.1 Å². The summed E-state index contributed by atoms with van der Waals surface area (Å²) >= 11 is 0. The molecule has 1 aliphatic rings. The van der Waals surface area contributed by atoms with Crippen molar-refractivity contribution in [1.82, 2.24) is 0 Å². The van der Waals surface area contributed by atoms with Crippen molar-refractivity contribution in [3.05, 3.63) is 23.3 Å². The van der Waals surface area contributed by atoms with Crippen molar-refractivity contribution in [1.29, 1.82) is 0 Å². The van der Waals surface area contributed by atoms with Gasteiger partial charge in [0.2, 0.25) is 0 Å². The second kappa shape index (κ2) is 4.72. The van der Waals surface area contributed by atoms with Crippen LogP contribution in [0.5, 0.6) is 11.5 Å². The van der Waals surface area contributed by atoms with Gasteiger partial charge in [0.1, 0.15) is 13.2 Å². The fraction of sp³-hybridized carbons (Fsp3) is 0.500. The lowest BCUT2D eigenvalue weighted by Gasteiger charge is -2.24. The molecule has 1 aromatic carbocycles. The van der Waals surface area contributed by atoms with Crippen LogP contribution in [0.3, 0.4) is 0 Å². The van der Waals surface area contributed by atoms with Gasteiger partial charge in [-0.3, -0.25) is 0 Å². The van der Waals surface area contributed by atoms with Gasteiger partial charge < -0.3 is 19.9 Å². The standard InChI is InChI=1S/C12H17NO3/c1-8(13)9-3-4-11-12(10(9)7-14-2)16-6-5-15-11/h3-4,8H,5-7,13H2,1-2H3. The Morgan fingerprint density at radius 3 is 2.81 bits per heavy atom. The highest BCUT2D eigenvalue weighted by Crippen LogP contribution is 2.37. The molecular formula is C12H17NO3. The molecule has 0 aliphatic carbocycles. The first-order valence-electron chi connectivity index (χ1n) is 5.40. The van der Waals surface area contributed by atoms with Gasteiger partial charge in [0, 0.05) is 18.7 Å². The quantitative estimate of drug-likeness (QED) is 0.846. The maximum Gasteiger partial charge on any atom is 0.167 e. The Morgan fingerprint density at radius 1 is 1.38 bits per heavy atom. The van der Waals surface area contributed by atoms with Crippen molar-refractivity contribution < 1.29 is 14.2 Å². The second-order valence-electron chi connectivity index (χ2n) is 3.88. The summed E-state index contributed by atoms with van der Waals surface area (Å²) < 4.78 is 16.4. The zero-order chi connectivity index (χ0) is 11.5. The van der Waals surface area contributed by atoms with Gasteiger partial charge in [-0.25, -0.2) is 0 Å². The van der Waals surface area contributed by atoms with Crippen LogP contribution >= 0.6 is 0 Å². The van der Waals surface area contributed by atoms with E-state index >= 15 is 0 Å². The molecule has 1 aliphatic heterocycles. The lowest BCUT2D eigenvalue weighted by atomic mass is 10.0. The normalized spacial score (nSPS) is 15.9. The minimum atomic E-state index is -0.0408. The number of rotatable bonds is 3. The largest absolute Gasteiger partial charge is 0.486 e. The Hall–Kier alpha value is -1.26. The van der Waals surface area contributed by atoms with Crippen molar-refractivity contribution in [3.8, 4) is 11.5 Å². The Kier molecular flexibility index (Phi) is 3.31. The fourth-order valence-corrected chi connectivity index (χ4v) is 1.91. The number of nitrogens with two attached hydrogens (primary N) is 1. The van der Waals surface area contributed by atoms with Gasteiger partial charge in [-0.15, -0.1) is 0 Å². The number of hydrogen-bond donors (Lipinski definition) is 1. The second-order valence-corrected chi connectivity index (χ2v) is 3.88. The molecule has 0 bridgehead atoms. The van der Waals surface area contributed by atoms with Crippen molar-refractivity contribution in [2.24, 2.45) is 5.73 Å². The minimum Gasteiger partial charge on any atom is -0.486 e. The summed E-state index contributed by atoms with van der Waals surface area (Å²) in [6, 6.07) is 3.85. The van der Waals surface area contributed by atoms with Crippen LogP contribution in [0.15, 0.2) is 12.1 Å². The molecule has 2 N–H and O–H groups in total. The van der Waals surface area contributed by atoms with E-state index in [9.17, 15) is 0 Å². The highest BCUT2D eigenvalue weighted by Gasteiger charge is 2.20. The number of methoxy groups -OCH3 is 1. The minimum absolute atomic E-state index is 0.0408. The molecule has 16 heavy (non-hydrogen) atoms. The molecule has 1 heterocycles. The van der Waals surface area contributed by atoms with Crippen molar-refractivity contribution >= 4 is 0 Å². The van der Waals surface area contributed by atoms with E-state index in [2.05, 4.69) is 0 Å². The SMILES string of the molecule is COCc1c(C(C)N)ccc2c1OCCO2. The summed E-state index contributed by atoms with van der Waals surface area (Å²) in [5.41, 5.74) is 7.97. The first-order valence-corrected chi connectivity index (χ1v) is 5.40. The van der Waals surface area contributed by atoms with E-state index in [0.29, 0.717) is 19.8 Å². The third-order valence-electron chi connectivity index (χ3n) is 2.63. The summed E-state index contributed by atoms with van der Waals surface area (Å²) in [6.07, 6.45) is 0. The first-order chi connectivity index (χ1) is 7.74. The number of ether oxygens (including phenoxy) is 3. The number of hydrogen-bond acceptors (Lipinski definition) is 4. The highest BCUT2D eigenvalue weighted by atomic mass is 16.6. The Morgan fingerprint density at radius 2 is 2.12 bits per heavy atom. The topological polar surface area (TPSA) is 53.7 Å². The maximum absolute atomic E-state index is 5.93. The summed E-state index contributed by atoms with van der Waals surface area (Å²) in [7, 11) is 1.66. The van der Waals surface area contributed by atoms with E-state index in [4.69, 9.17) is 19.9 Å². The molecule has 0 spiro atoms. The molecule has 4 nitrogen and oxygen atoms in total. The van der Waals surface area contributed by atoms with Crippen LogP contribution in [-0.4, -0.2) is 20.3 Å². The van der Waals surface area contributed by atoms with Gasteiger partial charge >= 0.3 is 0 Å². The summed E-state index contributed by atoms with van der Waals surface area (Å²) in [6.45, 7) is 3.61. The van der Waals surface area contributed by atoms with Crippen molar-refractivity contribution in [2.75, 3.05) is 20.3 Å². The van der Waals surface area contributed by atoms with Crippen molar-refractivity contribution in [2.45, 2.75) is 19.6 Å². The molecule has 2 rings (SSSR count). The van der Waals surface area contributed by atoms with Crippen LogP contribution in [0.2, 0.25) is 0 Å². The molecule has 1 atom stereocenters. The third-order valence-corrected chi connectivity index (χ3v) is 2.63. The third kappa shape index (κ3) is 1.99. The Labute approximate surface area is 95.3 Å². The predicted octanol–water partition coefficient (Wildman–Crippen LogP) is 1.62. The average Bonchev–Trinajstić information content (AvgIpc) is 2.29. The summed E-state index contributed by atoms with van der Waals surface area (Å²) in [5.74, 6) is 1.56. The van der Waals surface area contributed by atoms with Gasteiger partial charge in [-0.05, 0) is 18.6 Å². The maximum atomic E-state index is 5.93. The van der Waals surface area contributed by atoms with E-state index in [1.54, 1.807) is 7.11 Å². The molecule has 88 valence electrons. The van der Waals surface area contributed by atoms with Crippen LogP contribution in [0.4, 0.5) is 0 Å². The molecule has 0 aromatic heterocycles. The molecule has 1 unspecified atom stereocenters. The number of benzene rings is 1. The van der Waals surface area contributed by atoms with Crippen LogP contribution in [0, 0.1) is 0 Å². The molecule has 0 fully saturated rings. The molecule has 0 saturated heterocycles. The van der Waals surface area contributed by atoms with Gasteiger partial charge in [0.15, 0.2) is 11.5 Å². The van der Waals surface area contributed by atoms with Gasteiger partial charge in [-0.1, -0.05) is 6.07 Å². The molecule has 0 saturated carbocycles. The zero-order valence-corrected chi connectivity index (χ0v) is 9.66. The van der Waals surface area contributed by atoms with Crippen LogP contribution < -0.4 is 15.2 Å². The molecule has 1 aromatic rings. The van der Waals surface area contributed by atoms with E-state index in [0.717, 1.165) is 22.6 Å².